The number of rotatable bonds is 5. The lowest BCUT2D eigenvalue weighted by Crippen LogP contribution is -2.39. The lowest BCUT2D eigenvalue weighted by atomic mass is 10.1. The smallest absolute Gasteiger partial charge is 0.291 e. The third-order valence-corrected chi connectivity index (χ3v) is 4.10. The summed E-state index contributed by atoms with van der Waals surface area (Å²) in [5.41, 5.74) is 0.533. The summed E-state index contributed by atoms with van der Waals surface area (Å²) in [6, 6.07) is 6.99. The highest BCUT2D eigenvalue weighted by Gasteiger charge is 2.26. The molecule has 0 radical (unpaired) electrons. The molecule has 0 saturated heterocycles. The standard InChI is InChI=1S/C19H16F3N5O2/c1-10-24-17(26-27(10)13-6-4-12(20)5-7-13)19(29)25-16(18(28)23-2)11-3-8-14(21)15(22)9-11/h3-9,16H,1-2H3,(H,23,28)(H,25,29). The molecule has 0 aliphatic heterocycles. The average Bonchev–Trinajstić information content (AvgIpc) is 3.10. The fourth-order valence-electron chi connectivity index (χ4n) is 2.65. The molecule has 0 bridgehead atoms. The van der Waals surface area contributed by atoms with Crippen molar-refractivity contribution in [2.24, 2.45) is 0 Å². The number of benzene rings is 2. The molecule has 2 N–H and O–H groups in total. The zero-order valence-corrected chi connectivity index (χ0v) is 15.4. The van der Waals surface area contributed by atoms with Crippen molar-refractivity contribution in [3.8, 4) is 5.69 Å². The Bertz CT molecular complexity index is 1070. The molecule has 1 aromatic heterocycles. The SMILES string of the molecule is CNC(=O)C(NC(=O)c1nc(C)n(-c2ccc(F)cc2)n1)c1ccc(F)c(F)c1. The number of nitrogens with one attached hydrogen (secondary N) is 2. The Morgan fingerprint density at radius 2 is 1.72 bits per heavy atom. The van der Waals surface area contributed by atoms with E-state index >= 15 is 0 Å². The van der Waals surface area contributed by atoms with Crippen LogP contribution in [-0.2, 0) is 4.79 Å². The van der Waals surface area contributed by atoms with E-state index in [1.54, 1.807) is 6.92 Å². The van der Waals surface area contributed by atoms with Gasteiger partial charge in [-0.3, -0.25) is 9.59 Å². The predicted octanol–water partition coefficient (Wildman–Crippen LogP) is 2.21. The predicted molar refractivity (Wildman–Crippen MR) is 96.7 cm³/mol. The van der Waals surface area contributed by atoms with Gasteiger partial charge in [0.1, 0.15) is 17.7 Å². The van der Waals surface area contributed by atoms with Gasteiger partial charge in [-0.1, -0.05) is 6.07 Å². The Hall–Kier alpha value is -3.69. The Kier molecular flexibility index (Phi) is 5.62. The van der Waals surface area contributed by atoms with Crippen LogP contribution in [0.15, 0.2) is 42.5 Å². The first-order valence-corrected chi connectivity index (χ1v) is 8.47. The lowest BCUT2D eigenvalue weighted by Gasteiger charge is -2.17. The van der Waals surface area contributed by atoms with Crippen molar-refractivity contribution in [3.05, 3.63) is 77.1 Å². The van der Waals surface area contributed by atoms with Crippen LogP contribution in [0.5, 0.6) is 0 Å². The van der Waals surface area contributed by atoms with Crippen LogP contribution >= 0.6 is 0 Å². The molecule has 1 heterocycles. The third kappa shape index (κ3) is 4.26. The van der Waals surface area contributed by atoms with Crippen LogP contribution in [0.1, 0.15) is 28.0 Å². The van der Waals surface area contributed by atoms with E-state index in [1.807, 2.05) is 0 Å². The topological polar surface area (TPSA) is 88.9 Å². The van der Waals surface area contributed by atoms with Gasteiger partial charge in [0.05, 0.1) is 5.69 Å². The van der Waals surface area contributed by atoms with E-state index < -0.39 is 35.3 Å². The van der Waals surface area contributed by atoms with Crippen LogP contribution in [0.4, 0.5) is 13.2 Å². The summed E-state index contributed by atoms with van der Waals surface area (Å²) in [7, 11) is 1.34. The molecule has 1 atom stereocenters. The maximum Gasteiger partial charge on any atom is 0.291 e. The quantitative estimate of drug-likeness (QED) is 0.684. The van der Waals surface area contributed by atoms with Gasteiger partial charge in [-0.15, -0.1) is 5.10 Å². The van der Waals surface area contributed by atoms with E-state index in [0.717, 1.165) is 12.1 Å². The molecule has 7 nitrogen and oxygen atoms in total. The number of halogens is 3. The first kappa shape index (κ1) is 20.1. The molecule has 29 heavy (non-hydrogen) atoms. The second-order valence-corrected chi connectivity index (χ2v) is 6.07. The molecule has 0 aliphatic rings. The second kappa shape index (κ2) is 8.13. The Labute approximate surface area is 163 Å². The van der Waals surface area contributed by atoms with E-state index in [2.05, 4.69) is 20.7 Å². The van der Waals surface area contributed by atoms with E-state index in [-0.39, 0.29) is 11.4 Å². The minimum Gasteiger partial charge on any atom is -0.357 e. The van der Waals surface area contributed by atoms with Crippen molar-refractivity contribution in [2.75, 3.05) is 7.05 Å². The molecule has 2 amide bonds. The molecular weight excluding hydrogens is 387 g/mol. The summed E-state index contributed by atoms with van der Waals surface area (Å²) in [6.45, 7) is 1.60. The molecule has 0 fully saturated rings. The molecule has 0 spiro atoms. The maximum absolute atomic E-state index is 13.6. The van der Waals surface area contributed by atoms with Crippen LogP contribution < -0.4 is 10.6 Å². The van der Waals surface area contributed by atoms with Crippen molar-refractivity contribution in [2.45, 2.75) is 13.0 Å². The largest absolute Gasteiger partial charge is 0.357 e. The van der Waals surface area contributed by atoms with E-state index in [0.29, 0.717) is 11.5 Å². The number of nitrogens with zero attached hydrogens (tertiary/aromatic N) is 3. The first-order valence-electron chi connectivity index (χ1n) is 8.47. The molecule has 3 rings (SSSR count). The van der Waals surface area contributed by atoms with Gasteiger partial charge in [0.25, 0.3) is 5.91 Å². The van der Waals surface area contributed by atoms with Gasteiger partial charge in [0.15, 0.2) is 11.6 Å². The number of hydrogen-bond acceptors (Lipinski definition) is 4. The van der Waals surface area contributed by atoms with Crippen molar-refractivity contribution in [1.82, 2.24) is 25.4 Å². The number of likely N-dealkylation sites (N-methyl/N-ethyl adjacent to an activating group) is 1. The summed E-state index contributed by atoms with van der Waals surface area (Å²) in [6.07, 6.45) is 0. The summed E-state index contributed by atoms with van der Waals surface area (Å²) in [5.74, 6) is -3.99. The van der Waals surface area contributed by atoms with Crippen LogP contribution in [-0.4, -0.2) is 33.6 Å². The Morgan fingerprint density at radius 3 is 2.34 bits per heavy atom. The summed E-state index contributed by atoms with van der Waals surface area (Å²) in [5, 5.41) is 8.84. The minimum absolute atomic E-state index is 0.0475. The Morgan fingerprint density at radius 1 is 1.03 bits per heavy atom. The van der Waals surface area contributed by atoms with Crippen LogP contribution in [0.25, 0.3) is 5.69 Å². The van der Waals surface area contributed by atoms with Gasteiger partial charge in [-0.2, -0.15) is 0 Å². The first-order chi connectivity index (χ1) is 13.8. The highest BCUT2D eigenvalue weighted by molar-refractivity contribution is 5.95. The van der Waals surface area contributed by atoms with Crippen LogP contribution in [0, 0.1) is 24.4 Å². The average molecular weight is 403 g/mol. The second-order valence-electron chi connectivity index (χ2n) is 6.07. The monoisotopic (exact) mass is 403 g/mol. The molecule has 0 saturated carbocycles. The van der Waals surface area contributed by atoms with Crippen LogP contribution in [0.2, 0.25) is 0 Å². The van der Waals surface area contributed by atoms with Gasteiger partial charge in [0.2, 0.25) is 11.7 Å². The molecule has 1 unspecified atom stereocenters. The number of aryl methyl sites for hydroxylation is 1. The zero-order chi connectivity index (χ0) is 21.1. The summed E-state index contributed by atoms with van der Waals surface area (Å²) >= 11 is 0. The van der Waals surface area contributed by atoms with Gasteiger partial charge >= 0.3 is 0 Å². The number of aromatic nitrogens is 3. The van der Waals surface area contributed by atoms with Gasteiger partial charge in [-0.25, -0.2) is 22.8 Å². The number of carbonyl (C=O) groups is 2. The van der Waals surface area contributed by atoms with E-state index in [4.69, 9.17) is 0 Å². The molecule has 10 heteroatoms. The third-order valence-electron chi connectivity index (χ3n) is 4.10. The van der Waals surface area contributed by atoms with Gasteiger partial charge < -0.3 is 10.6 Å². The lowest BCUT2D eigenvalue weighted by molar-refractivity contribution is -0.122. The van der Waals surface area contributed by atoms with Crippen molar-refractivity contribution in [1.29, 1.82) is 0 Å². The van der Waals surface area contributed by atoms with E-state index in [1.165, 1.54) is 42.1 Å². The fraction of sp³-hybridized carbons (Fsp3) is 0.158. The zero-order valence-electron chi connectivity index (χ0n) is 15.4. The number of hydrogen-bond donors (Lipinski definition) is 2. The normalized spacial score (nSPS) is 11.8. The molecule has 0 aliphatic carbocycles. The number of amides is 2. The van der Waals surface area contributed by atoms with E-state index in [9.17, 15) is 22.8 Å². The molecule has 150 valence electrons. The maximum atomic E-state index is 13.6. The minimum atomic E-state index is -1.29. The fourth-order valence-corrected chi connectivity index (χ4v) is 2.65. The van der Waals surface area contributed by atoms with Gasteiger partial charge in [-0.05, 0) is 48.9 Å². The molecular formula is C19H16F3N5O2. The Balaban J connectivity index is 1.88. The summed E-state index contributed by atoms with van der Waals surface area (Å²) < 4.78 is 41.2. The molecule has 2 aromatic carbocycles. The van der Waals surface area contributed by atoms with Crippen molar-refractivity contribution in [3.63, 3.8) is 0 Å². The van der Waals surface area contributed by atoms with Crippen LogP contribution in [0.3, 0.4) is 0 Å². The molecule has 3 aromatic rings. The van der Waals surface area contributed by atoms with Crippen molar-refractivity contribution >= 4 is 11.8 Å². The summed E-state index contributed by atoms with van der Waals surface area (Å²) in [4.78, 5) is 28.8. The number of carbonyl (C=O) groups excluding carboxylic acids is 2. The van der Waals surface area contributed by atoms with Crippen molar-refractivity contribution < 1.29 is 22.8 Å². The highest BCUT2D eigenvalue weighted by Crippen LogP contribution is 2.18. The van der Waals surface area contributed by atoms with Gasteiger partial charge in [0, 0.05) is 7.05 Å². The highest BCUT2D eigenvalue weighted by atomic mass is 19.2.